The first kappa shape index (κ1) is 23.2. The zero-order valence-electron chi connectivity index (χ0n) is 15.5. The van der Waals surface area contributed by atoms with E-state index in [1.54, 1.807) is 0 Å². The zero-order valence-corrected chi connectivity index (χ0v) is 18.7. The van der Waals surface area contributed by atoms with Gasteiger partial charge in [0.15, 0.2) is 4.34 Å². The number of anilines is 2. The molecule has 0 aliphatic carbocycles. The molecule has 1 heterocycles. The molecule has 0 unspecified atom stereocenters. The highest BCUT2D eigenvalue weighted by molar-refractivity contribution is 8.01. The second-order valence-electron chi connectivity index (χ2n) is 5.37. The number of carbonyl (C=O) groups is 2. The van der Waals surface area contributed by atoms with E-state index in [1.165, 1.54) is 32.4 Å². The Balaban J connectivity index is 2.09. The number of rotatable bonds is 9. The molecule has 0 aliphatic rings. The van der Waals surface area contributed by atoms with E-state index in [9.17, 15) is 18.0 Å². The first-order valence-corrected chi connectivity index (χ1v) is 11.8. The Bertz CT molecular complexity index is 998. The van der Waals surface area contributed by atoms with Crippen molar-refractivity contribution in [2.45, 2.75) is 4.34 Å². The number of thioether (sulfide) groups is 1. The van der Waals surface area contributed by atoms with Gasteiger partial charge in [-0.3, -0.25) is 19.2 Å². The van der Waals surface area contributed by atoms with Gasteiger partial charge in [0.25, 0.3) is 0 Å². The van der Waals surface area contributed by atoms with Gasteiger partial charge in [-0.2, -0.15) is 0 Å². The molecule has 0 atom stereocenters. The van der Waals surface area contributed by atoms with E-state index in [2.05, 4.69) is 20.3 Å². The van der Waals surface area contributed by atoms with Gasteiger partial charge in [-0.25, -0.2) is 8.42 Å². The van der Waals surface area contributed by atoms with Crippen LogP contribution in [0.25, 0.3) is 0 Å². The first-order chi connectivity index (χ1) is 13.6. The number of halogens is 1. The van der Waals surface area contributed by atoms with E-state index in [0.29, 0.717) is 10.1 Å². The minimum atomic E-state index is -3.77. The number of aromatic nitrogens is 2. The number of ether oxygens (including phenoxy) is 2. The van der Waals surface area contributed by atoms with Crippen molar-refractivity contribution in [1.82, 2.24) is 10.2 Å². The molecule has 1 amide bonds. The number of amides is 1. The molecule has 1 aromatic heterocycles. The molecule has 0 spiro atoms. The Morgan fingerprint density at radius 1 is 1.31 bits per heavy atom. The van der Waals surface area contributed by atoms with E-state index < -0.39 is 28.4 Å². The van der Waals surface area contributed by atoms with Crippen molar-refractivity contribution in [1.29, 1.82) is 0 Å². The molecule has 1 aromatic carbocycles. The summed E-state index contributed by atoms with van der Waals surface area (Å²) in [7, 11) is -1.06. The van der Waals surface area contributed by atoms with Crippen LogP contribution in [0.5, 0.6) is 5.75 Å². The number of nitrogens with zero attached hydrogens (tertiary/aromatic N) is 3. The number of esters is 1. The maximum absolute atomic E-state index is 12.4. The molecule has 158 valence electrons. The summed E-state index contributed by atoms with van der Waals surface area (Å²) in [6.07, 6.45) is 0.977. The van der Waals surface area contributed by atoms with Crippen LogP contribution in [0.2, 0.25) is 5.02 Å². The van der Waals surface area contributed by atoms with Crippen LogP contribution in [0.3, 0.4) is 0 Å². The molecule has 29 heavy (non-hydrogen) atoms. The van der Waals surface area contributed by atoms with Gasteiger partial charge >= 0.3 is 5.97 Å². The third-order valence-electron chi connectivity index (χ3n) is 3.30. The fourth-order valence-corrected chi connectivity index (χ4v) is 4.70. The molecule has 0 aliphatic heterocycles. The van der Waals surface area contributed by atoms with Crippen molar-refractivity contribution in [3.05, 3.63) is 23.2 Å². The number of sulfonamides is 1. The van der Waals surface area contributed by atoms with Crippen LogP contribution >= 0.6 is 34.7 Å². The molecule has 0 fully saturated rings. The van der Waals surface area contributed by atoms with Crippen molar-refractivity contribution < 1.29 is 27.5 Å². The van der Waals surface area contributed by atoms with E-state index in [4.69, 9.17) is 16.3 Å². The van der Waals surface area contributed by atoms with E-state index in [1.807, 2.05) is 0 Å². The molecule has 10 nitrogen and oxygen atoms in total. The van der Waals surface area contributed by atoms with Gasteiger partial charge in [0.2, 0.25) is 21.1 Å². The highest BCUT2D eigenvalue weighted by Gasteiger charge is 2.22. The van der Waals surface area contributed by atoms with Crippen molar-refractivity contribution in [2.24, 2.45) is 0 Å². The summed E-state index contributed by atoms with van der Waals surface area (Å²) in [5, 5.41) is 10.5. The third kappa shape index (κ3) is 6.73. The normalized spacial score (nSPS) is 11.0. The van der Waals surface area contributed by atoms with Gasteiger partial charge in [-0.1, -0.05) is 34.7 Å². The lowest BCUT2D eigenvalue weighted by Crippen LogP contribution is -2.37. The van der Waals surface area contributed by atoms with E-state index >= 15 is 0 Å². The number of hydrogen-bond donors (Lipinski definition) is 1. The van der Waals surface area contributed by atoms with Crippen LogP contribution in [-0.2, 0) is 24.3 Å². The Labute approximate surface area is 180 Å². The predicted octanol–water partition coefficient (Wildman–Crippen LogP) is 1.87. The van der Waals surface area contributed by atoms with Crippen molar-refractivity contribution in [3.8, 4) is 5.75 Å². The molecule has 2 aromatic rings. The monoisotopic (exact) mass is 480 g/mol. The summed E-state index contributed by atoms with van der Waals surface area (Å²) in [5.74, 6) is -0.612. The number of methoxy groups -OCH3 is 2. The lowest BCUT2D eigenvalue weighted by molar-refractivity contribution is -0.137. The highest BCUT2D eigenvalue weighted by Crippen LogP contribution is 2.30. The fraction of sp³-hybridized carbons (Fsp3) is 0.333. The quantitative estimate of drug-likeness (QED) is 0.325. The van der Waals surface area contributed by atoms with Gasteiger partial charge in [0.05, 0.1) is 36.9 Å². The summed E-state index contributed by atoms with van der Waals surface area (Å²) in [4.78, 5) is 23.5. The van der Waals surface area contributed by atoms with Crippen LogP contribution in [0, 0.1) is 0 Å². The van der Waals surface area contributed by atoms with Crippen LogP contribution in [-0.4, -0.2) is 63.3 Å². The van der Waals surface area contributed by atoms with Crippen molar-refractivity contribution in [2.75, 3.05) is 42.4 Å². The van der Waals surface area contributed by atoms with Gasteiger partial charge in [-0.15, -0.1) is 10.2 Å². The zero-order chi connectivity index (χ0) is 21.6. The molecular formula is C15H17ClN4O6S3. The Hall–Kier alpha value is -2.09. The van der Waals surface area contributed by atoms with Crippen LogP contribution < -0.4 is 14.4 Å². The highest BCUT2D eigenvalue weighted by atomic mass is 35.5. The van der Waals surface area contributed by atoms with Crippen molar-refractivity contribution in [3.63, 3.8) is 0 Å². The second-order valence-corrected chi connectivity index (χ2v) is 9.89. The largest absolute Gasteiger partial charge is 0.495 e. The molecule has 2 rings (SSSR count). The average Bonchev–Trinajstić information content (AvgIpc) is 3.10. The van der Waals surface area contributed by atoms with Crippen LogP contribution in [0.1, 0.15) is 0 Å². The van der Waals surface area contributed by atoms with Gasteiger partial charge in [0.1, 0.15) is 12.3 Å². The van der Waals surface area contributed by atoms with Crippen LogP contribution in [0.4, 0.5) is 10.8 Å². The number of hydrogen-bond acceptors (Lipinski definition) is 10. The van der Waals surface area contributed by atoms with Gasteiger partial charge in [0, 0.05) is 0 Å². The third-order valence-corrected chi connectivity index (χ3v) is 6.69. The SMILES string of the molecule is COC(=O)CSc1nnc(NC(=O)CN(c2ccc(OC)c(Cl)c2)S(C)(=O)=O)s1. The summed E-state index contributed by atoms with van der Waals surface area (Å²) >= 11 is 8.21. The van der Waals surface area contributed by atoms with Gasteiger partial charge < -0.3 is 9.47 Å². The topological polar surface area (TPSA) is 128 Å². The molecule has 0 bridgehead atoms. The minimum absolute atomic E-state index is 0.0547. The second kappa shape index (κ2) is 10.1. The molecular weight excluding hydrogens is 464 g/mol. The summed E-state index contributed by atoms with van der Waals surface area (Å²) in [6, 6.07) is 4.37. The summed E-state index contributed by atoms with van der Waals surface area (Å²) in [6.45, 7) is -0.494. The Morgan fingerprint density at radius 3 is 2.62 bits per heavy atom. The maximum Gasteiger partial charge on any atom is 0.316 e. The van der Waals surface area contributed by atoms with Crippen molar-refractivity contribution >= 4 is 67.4 Å². The Morgan fingerprint density at radius 2 is 2.03 bits per heavy atom. The number of carbonyl (C=O) groups excluding carboxylic acids is 2. The minimum Gasteiger partial charge on any atom is -0.495 e. The number of benzene rings is 1. The standard InChI is InChI=1S/C15H17ClN4O6S3/c1-25-11-5-4-9(6-10(11)16)20(29(3,23)24)7-12(21)17-14-18-19-15(28-14)27-8-13(22)26-2/h4-6H,7-8H2,1-3H3,(H,17,18,21). The maximum atomic E-state index is 12.4. The number of nitrogens with one attached hydrogen (secondary N) is 1. The van der Waals surface area contributed by atoms with E-state index in [0.717, 1.165) is 33.7 Å². The summed E-state index contributed by atoms with van der Waals surface area (Å²) < 4.78 is 35.3. The molecule has 14 heteroatoms. The first-order valence-electron chi connectivity index (χ1n) is 7.78. The Kier molecular flexibility index (Phi) is 8.07. The van der Waals surface area contributed by atoms with Crippen LogP contribution in [0.15, 0.2) is 22.5 Å². The lowest BCUT2D eigenvalue weighted by atomic mass is 10.3. The fourth-order valence-electron chi connectivity index (χ4n) is 2.00. The average molecular weight is 481 g/mol. The molecule has 0 saturated carbocycles. The summed E-state index contributed by atoms with van der Waals surface area (Å²) in [5.41, 5.74) is 0.208. The molecule has 0 saturated heterocycles. The van der Waals surface area contributed by atoms with Gasteiger partial charge in [-0.05, 0) is 18.2 Å². The molecule has 0 radical (unpaired) electrons. The lowest BCUT2D eigenvalue weighted by Gasteiger charge is -2.22. The molecule has 1 N–H and O–H groups in total. The van der Waals surface area contributed by atoms with E-state index in [-0.39, 0.29) is 21.6 Å². The predicted molar refractivity (Wildman–Crippen MR) is 111 cm³/mol. The smallest absolute Gasteiger partial charge is 0.316 e.